The molecule has 3 amide bonds. The molecular formula is C19H18N4O3. The zero-order valence-corrected chi connectivity index (χ0v) is 14.0. The molecule has 132 valence electrons. The van der Waals surface area contributed by atoms with E-state index in [4.69, 9.17) is 0 Å². The molecule has 0 radical (unpaired) electrons. The van der Waals surface area contributed by atoms with E-state index in [0.717, 1.165) is 0 Å². The quantitative estimate of drug-likeness (QED) is 0.857. The highest BCUT2D eigenvalue weighted by Gasteiger charge is 2.40. The monoisotopic (exact) mass is 350 g/mol. The van der Waals surface area contributed by atoms with Crippen molar-refractivity contribution in [3.8, 4) is 0 Å². The van der Waals surface area contributed by atoms with Crippen molar-refractivity contribution in [2.45, 2.75) is 24.9 Å². The second-order valence-corrected chi connectivity index (χ2v) is 6.49. The number of nitrogens with one attached hydrogen (secondary N) is 2. The van der Waals surface area contributed by atoms with Gasteiger partial charge in [-0.15, -0.1) is 0 Å². The first-order valence-electron chi connectivity index (χ1n) is 8.55. The highest BCUT2D eigenvalue weighted by atomic mass is 16.2. The molecule has 7 heteroatoms. The normalized spacial score (nSPS) is 21.9. The van der Waals surface area contributed by atoms with Crippen LogP contribution in [0.5, 0.6) is 0 Å². The topological polar surface area (TPSA) is 91.4 Å². The van der Waals surface area contributed by atoms with Crippen molar-refractivity contribution in [3.63, 3.8) is 0 Å². The van der Waals surface area contributed by atoms with E-state index < -0.39 is 6.04 Å². The van der Waals surface area contributed by atoms with Crippen LogP contribution in [0, 0.1) is 0 Å². The molecular weight excluding hydrogens is 332 g/mol. The minimum Gasteiger partial charge on any atom is -0.349 e. The summed E-state index contributed by atoms with van der Waals surface area (Å²) in [4.78, 5) is 43.3. The minimum absolute atomic E-state index is 0.152. The van der Waals surface area contributed by atoms with E-state index in [1.54, 1.807) is 47.5 Å². The molecule has 4 rings (SSSR count). The number of benzene rings is 1. The fourth-order valence-electron chi connectivity index (χ4n) is 3.50. The molecule has 1 aromatic heterocycles. The van der Waals surface area contributed by atoms with Crippen LogP contribution in [0.15, 0.2) is 48.8 Å². The number of amides is 3. The second kappa shape index (κ2) is 6.59. The van der Waals surface area contributed by atoms with Crippen molar-refractivity contribution in [3.05, 3.63) is 59.9 Å². The first-order valence-corrected chi connectivity index (χ1v) is 8.55. The molecule has 1 saturated heterocycles. The predicted molar refractivity (Wildman–Crippen MR) is 94.6 cm³/mol. The number of para-hydroxylation sites is 1. The summed E-state index contributed by atoms with van der Waals surface area (Å²) in [5.41, 5.74) is 1.51. The number of hydrogen-bond donors (Lipinski definition) is 2. The molecule has 0 bridgehead atoms. The van der Waals surface area contributed by atoms with Gasteiger partial charge in [-0.25, -0.2) is 0 Å². The molecule has 0 aliphatic carbocycles. The maximum atomic E-state index is 12.8. The van der Waals surface area contributed by atoms with Crippen molar-refractivity contribution < 1.29 is 14.4 Å². The van der Waals surface area contributed by atoms with Crippen molar-refractivity contribution in [2.24, 2.45) is 0 Å². The zero-order valence-electron chi connectivity index (χ0n) is 14.0. The van der Waals surface area contributed by atoms with Crippen LogP contribution in [0.2, 0.25) is 0 Å². The van der Waals surface area contributed by atoms with Gasteiger partial charge in [0.15, 0.2) is 0 Å². The SMILES string of the molecule is O=C(N[C@H]1CCN2C(=O)c3ccccc3NC(=O)[C@@H]2C1)c1cccnc1. The second-order valence-electron chi connectivity index (χ2n) is 6.49. The summed E-state index contributed by atoms with van der Waals surface area (Å²) >= 11 is 0. The van der Waals surface area contributed by atoms with Crippen LogP contribution in [0.25, 0.3) is 0 Å². The molecule has 2 N–H and O–H groups in total. The Balaban J connectivity index is 1.51. The summed E-state index contributed by atoms with van der Waals surface area (Å²) in [6.07, 6.45) is 4.10. The van der Waals surface area contributed by atoms with Crippen molar-refractivity contribution in [2.75, 3.05) is 11.9 Å². The van der Waals surface area contributed by atoms with Crippen molar-refractivity contribution in [1.29, 1.82) is 0 Å². The molecule has 1 fully saturated rings. The summed E-state index contributed by atoms with van der Waals surface area (Å²) in [7, 11) is 0. The standard InChI is InChI=1S/C19H18N4O3/c24-17(12-4-3-8-20-11-12)21-13-7-9-23-16(10-13)18(25)22-15-6-2-1-5-14(15)19(23)26/h1-6,8,11,13,16H,7,9-10H2,(H,21,24)(H,22,25)/t13-,16-/m0/s1. The third kappa shape index (κ3) is 2.92. The van der Waals surface area contributed by atoms with E-state index in [2.05, 4.69) is 15.6 Å². The molecule has 3 heterocycles. The molecule has 2 atom stereocenters. The van der Waals surface area contributed by atoms with Crippen molar-refractivity contribution in [1.82, 2.24) is 15.2 Å². The molecule has 26 heavy (non-hydrogen) atoms. The van der Waals surface area contributed by atoms with E-state index in [1.807, 2.05) is 0 Å². The summed E-state index contributed by atoms with van der Waals surface area (Å²) in [6.45, 7) is 0.420. The fourth-order valence-corrected chi connectivity index (χ4v) is 3.50. The van der Waals surface area contributed by atoms with Gasteiger partial charge in [-0.2, -0.15) is 0 Å². The van der Waals surface area contributed by atoms with E-state index in [-0.39, 0.29) is 23.8 Å². The van der Waals surface area contributed by atoms with Crippen LogP contribution in [0.1, 0.15) is 33.6 Å². The van der Waals surface area contributed by atoms with Gasteiger partial charge in [0.1, 0.15) is 6.04 Å². The van der Waals surface area contributed by atoms with Gasteiger partial charge in [-0.05, 0) is 37.1 Å². The van der Waals surface area contributed by atoms with E-state index in [0.29, 0.717) is 36.2 Å². The lowest BCUT2D eigenvalue weighted by atomic mass is 9.96. The Kier molecular flexibility index (Phi) is 4.12. The lowest BCUT2D eigenvalue weighted by molar-refractivity contribution is -0.121. The maximum Gasteiger partial charge on any atom is 0.256 e. The number of pyridine rings is 1. The first kappa shape index (κ1) is 16.3. The third-order valence-corrected chi connectivity index (χ3v) is 4.84. The van der Waals surface area contributed by atoms with E-state index >= 15 is 0 Å². The average molecular weight is 350 g/mol. The van der Waals surface area contributed by atoms with E-state index in [9.17, 15) is 14.4 Å². The smallest absolute Gasteiger partial charge is 0.256 e. The molecule has 2 aliphatic rings. The Bertz CT molecular complexity index is 868. The Labute approximate surface area is 150 Å². The number of aromatic nitrogens is 1. The van der Waals surface area contributed by atoms with Crippen molar-refractivity contribution >= 4 is 23.4 Å². The van der Waals surface area contributed by atoms with E-state index in [1.165, 1.54) is 6.20 Å². The van der Waals surface area contributed by atoms with Gasteiger partial charge in [0.2, 0.25) is 5.91 Å². The van der Waals surface area contributed by atoms with Gasteiger partial charge in [0.05, 0.1) is 16.8 Å². The summed E-state index contributed by atoms with van der Waals surface area (Å²) in [5, 5.41) is 5.78. The van der Waals surface area contributed by atoms with Crippen LogP contribution < -0.4 is 10.6 Å². The van der Waals surface area contributed by atoms with Gasteiger partial charge < -0.3 is 15.5 Å². The Morgan fingerprint density at radius 3 is 2.85 bits per heavy atom. The van der Waals surface area contributed by atoms with Gasteiger partial charge in [0.25, 0.3) is 11.8 Å². The molecule has 2 aromatic rings. The number of carbonyl (C=O) groups is 3. The zero-order chi connectivity index (χ0) is 18.1. The highest BCUT2D eigenvalue weighted by Crippen LogP contribution is 2.28. The summed E-state index contributed by atoms with van der Waals surface area (Å²) in [6, 6.07) is 9.63. The van der Waals surface area contributed by atoms with Gasteiger partial charge in [0, 0.05) is 25.0 Å². The Hall–Kier alpha value is -3.22. The number of nitrogens with zero attached hydrogens (tertiary/aromatic N) is 2. The summed E-state index contributed by atoms with van der Waals surface area (Å²) in [5.74, 6) is -0.593. The largest absolute Gasteiger partial charge is 0.349 e. The average Bonchev–Trinajstić information content (AvgIpc) is 2.78. The molecule has 0 saturated carbocycles. The van der Waals surface area contributed by atoms with Crippen LogP contribution in [0.3, 0.4) is 0 Å². The van der Waals surface area contributed by atoms with Gasteiger partial charge in [-0.3, -0.25) is 19.4 Å². The van der Waals surface area contributed by atoms with Gasteiger partial charge >= 0.3 is 0 Å². The molecule has 0 spiro atoms. The fraction of sp³-hybridized carbons (Fsp3) is 0.263. The Morgan fingerprint density at radius 2 is 2.04 bits per heavy atom. The number of rotatable bonds is 2. The minimum atomic E-state index is -0.595. The molecule has 7 nitrogen and oxygen atoms in total. The number of carbonyl (C=O) groups excluding carboxylic acids is 3. The van der Waals surface area contributed by atoms with Crippen LogP contribution in [0.4, 0.5) is 5.69 Å². The summed E-state index contributed by atoms with van der Waals surface area (Å²) < 4.78 is 0. The lowest BCUT2D eigenvalue weighted by Crippen LogP contribution is -2.55. The number of hydrogen-bond acceptors (Lipinski definition) is 4. The van der Waals surface area contributed by atoms with Crippen LogP contribution in [-0.4, -0.2) is 46.2 Å². The maximum absolute atomic E-state index is 12.8. The number of fused-ring (bicyclic) bond motifs is 2. The highest BCUT2D eigenvalue weighted by molar-refractivity contribution is 6.10. The molecule has 1 aromatic carbocycles. The lowest BCUT2D eigenvalue weighted by Gasteiger charge is -2.37. The molecule has 0 unspecified atom stereocenters. The number of piperidine rings is 1. The van der Waals surface area contributed by atoms with Gasteiger partial charge in [-0.1, -0.05) is 12.1 Å². The number of anilines is 1. The molecule has 2 aliphatic heterocycles. The third-order valence-electron chi connectivity index (χ3n) is 4.84. The van der Waals surface area contributed by atoms with Crippen LogP contribution >= 0.6 is 0 Å². The van der Waals surface area contributed by atoms with Crippen LogP contribution in [-0.2, 0) is 4.79 Å². The Morgan fingerprint density at radius 1 is 1.19 bits per heavy atom. The predicted octanol–water partition coefficient (Wildman–Crippen LogP) is 1.44. The first-order chi connectivity index (χ1) is 12.6.